The second kappa shape index (κ2) is 8.44. The Labute approximate surface area is 151 Å². The fourth-order valence-corrected chi connectivity index (χ4v) is 2.92. The van der Waals surface area contributed by atoms with E-state index >= 15 is 0 Å². The molecule has 0 aliphatic carbocycles. The molecule has 0 spiro atoms. The van der Waals surface area contributed by atoms with Crippen LogP contribution in [0.3, 0.4) is 0 Å². The highest BCUT2D eigenvalue weighted by Gasteiger charge is 2.15. The maximum Gasteiger partial charge on any atom is 0.273 e. The molecule has 0 atom stereocenters. The van der Waals surface area contributed by atoms with Crippen LogP contribution in [0.25, 0.3) is 0 Å². The number of amides is 1. The third-order valence-electron chi connectivity index (χ3n) is 4.34. The number of anilines is 1. The van der Waals surface area contributed by atoms with E-state index in [0.717, 1.165) is 37.6 Å². The van der Waals surface area contributed by atoms with Gasteiger partial charge >= 0.3 is 0 Å². The largest absolute Gasteiger partial charge is 0.378 e. The molecular weight excluding hydrogens is 334 g/mol. The lowest BCUT2D eigenvalue weighted by Gasteiger charge is -2.28. The van der Waals surface area contributed by atoms with Gasteiger partial charge in [-0.15, -0.1) is 0 Å². The van der Waals surface area contributed by atoms with Crippen molar-refractivity contribution >= 4 is 17.3 Å². The highest BCUT2D eigenvalue weighted by Crippen LogP contribution is 2.19. The van der Waals surface area contributed by atoms with Gasteiger partial charge < -0.3 is 15.0 Å². The van der Waals surface area contributed by atoms with Gasteiger partial charge in [0.15, 0.2) is 0 Å². The lowest BCUT2D eigenvalue weighted by molar-refractivity contribution is -0.385. The van der Waals surface area contributed by atoms with Crippen molar-refractivity contribution in [1.29, 1.82) is 0 Å². The third-order valence-corrected chi connectivity index (χ3v) is 4.34. The number of ether oxygens (including phenoxy) is 1. The van der Waals surface area contributed by atoms with Crippen molar-refractivity contribution in [3.63, 3.8) is 0 Å². The molecule has 136 valence electrons. The Hall–Kier alpha value is -2.93. The standard InChI is InChI=1S/C19H21N3O4/c23-19(13-16-3-1-2-4-18(16)22(24)25)20-14-15-5-7-17(8-6-15)21-9-11-26-12-10-21/h1-8H,9-14H2,(H,20,23). The van der Waals surface area contributed by atoms with Crippen molar-refractivity contribution in [1.82, 2.24) is 5.32 Å². The minimum atomic E-state index is -0.465. The summed E-state index contributed by atoms with van der Waals surface area (Å²) in [6.07, 6.45) is -0.0109. The van der Waals surface area contributed by atoms with Crippen molar-refractivity contribution < 1.29 is 14.5 Å². The van der Waals surface area contributed by atoms with Crippen LogP contribution in [0.2, 0.25) is 0 Å². The maximum atomic E-state index is 12.1. The zero-order valence-corrected chi connectivity index (χ0v) is 14.4. The first-order chi connectivity index (χ1) is 12.6. The van der Waals surface area contributed by atoms with E-state index in [4.69, 9.17) is 4.74 Å². The Morgan fingerprint density at radius 2 is 1.81 bits per heavy atom. The summed E-state index contributed by atoms with van der Waals surface area (Å²) in [6, 6.07) is 14.3. The summed E-state index contributed by atoms with van der Waals surface area (Å²) >= 11 is 0. The molecule has 7 nitrogen and oxygen atoms in total. The Kier molecular flexibility index (Phi) is 5.80. The predicted octanol–water partition coefficient (Wildman–Crippen LogP) is 2.29. The van der Waals surface area contributed by atoms with Crippen LogP contribution in [0.4, 0.5) is 11.4 Å². The number of nitrogens with one attached hydrogen (secondary N) is 1. The van der Waals surface area contributed by atoms with Crippen LogP contribution in [0.15, 0.2) is 48.5 Å². The van der Waals surface area contributed by atoms with Crippen LogP contribution in [0.5, 0.6) is 0 Å². The summed E-state index contributed by atoms with van der Waals surface area (Å²) in [4.78, 5) is 24.9. The number of carbonyl (C=O) groups is 1. The molecule has 0 unspecified atom stereocenters. The van der Waals surface area contributed by atoms with E-state index < -0.39 is 4.92 Å². The molecule has 0 aromatic heterocycles. The average Bonchev–Trinajstić information content (AvgIpc) is 2.68. The van der Waals surface area contributed by atoms with Crippen LogP contribution in [0, 0.1) is 10.1 Å². The van der Waals surface area contributed by atoms with Gasteiger partial charge in [0.1, 0.15) is 0 Å². The predicted molar refractivity (Wildman–Crippen MR) is 98.1 cm³/mol. The summed E-state index contributed by atoms with van der Waals surface area (Å²) in [5.41, 5.74) is 2.51. The minimum absolute atomic E-state index is 0.0109. The fraction of sp³-hybridized carbons (Fsp3) is 0.316. The fourth-order valence-electron chi connectivity index (χ4n) is 2.92. The zero-order chi connectivity index (χ0) is 18.4. The lowest BCUT2D eigenvalue weighted by Crippen LogP contribution is -2.36. The molecule has 1 saturated heterocycles. The molecule has 0 saturated carbocycles. The normalized spacial score (nSPS) is 14.1. The maximum absolute atomic E-state index is 12.1. The molecule has 0 radical (unpaired) electrons. The van der Waals surface area contributed by atoms with E-state index in [1.165, 1.54) is 6.07 Å². The lowest BCUT2D eigenvalue weighted by atomic mass is 10.1. The summed E-state index contributed by atoms with van der Waals surface area (Å²) < 4.78 is 5.35. The van der Waals surface area contributed by atoms with Gasteiger partial charge in [0.2, 0.25) is 5.91 Å². The molecule has 26 heavy (non-hydrogen) atoms. The van der Waals surface area contributed by atoms with Crippen molar-refractivity contribution in [2.45, 2.75) is 13.0 Å². The number of hydrogen-bond donors (Lipinski definition) is 1. The topological polar surface area (TPSA) is 84.7 Å². The van der Waals surface area contributed by atoms with Gasteiger partial charge in [-0.1, -0.05) is 30.3 Å². The first-order valence-electron chi connectivity index (χ1n) is 8.54. The van der Waals surface area contributed by atoms with E-state index in [0.29, 0.717) is 12.1 Å². The molecule has 0 bridgehead atoms. The van der Waals surface area contributed by atoms with E-state index in [2.05, 4.69) is 10.2 Å². The van der Waals surface area contributed by atoms with Gasteiger partial charge in [-0.3, -0.25) is 14.9 Å². The van der Waals surface area contributed by atoms with Crippen LogP contribution in [-0.4, -0.2) is 37.1 Å². The summed E-state index contributed by atoms with van der Waals surface area (Å²) in [5, 5.41) is 13.8. The number of nitro benzene ring substituents is 1. The van der Waals surface area contributed by atoms with E-state index in [1.807, 2.05) is 24.3 Å². The van der Waals surface area contributed by atoms with Crippen molar-refractivity contribution in [3.05, 3.63) is 69.8 Å². The van der Waals surface area contributed by atoms with Gasteiger partial charge in [0.25, 0.3) is 5.69 Å². The van der Waals surface area contributed by atoms with E-state index in [1.54, 1.807) is 18.2 Å². The summed E-state index contributed by atoms with van der Waals surface area (Å²) in [7, 11) is 0. The van der Waals surface area contributed by atoms with E-state index in [9.17, 15) is 14.9 Å². The Morgan fingerprint density at radius 1 is 1.12 bits per heavy atom. The van der Waals surface area contributed by atoms with Gasteiger partial charge in [0.05, 0.1) is 24.6 Å². The van der Waals surface area contributed by atoms with Crippen molar-refractivity contribution in [2.75, 3.05) is 31.2 Å². The number of hydrogen-bond acceptors (Lipinski definition) is 5. The molecule has 2 aromatic rings. The molecule has 1 heterocycles. The highest BCUT2D eigenvalue weighted by atomic mass is 16.6. The first-order valence-corrected chi connectivity index (χ1v) is 8.54. The number of benzene rings is 2. The van der Waals surface area contributed by atoms with E-state index in [-0.39, 0.29) is 18.0 Å². The molecule has 1 fully saturated rings. The van der Waals surface area contributed by atoms with Crippen LogP contribution >= 0.6 is 0 Å². The molecule has 1 N–H and O–H groups in total. The van der Waals surface area contributed by atoms with Crippen LogP contribution in [0.1, 0.15) is 11.1 Å². The molecule has 1 aliphatic heterocycles. The molecule has 1 amide bonds. The quantitative estimate of drug-likeness (QED) is 0.635. The molecule has 7 heteroatoms. The second-order valence-electron chi connectivity index (χ2n) is 6.11. The monoisotopic (exact) mass is 355 g/mol. The van der Waals surface area contributed by atoms with Crippen LogP contribution < -0.4 is 10.2 Å². The van der Waals surface area contributed by atoms with Gasteiger partial charge in [-0.25, -0.2) is 0 Å². The number of rotatable bonds is 6. The Morgan fingerprint density at radius 3 is 2.50 bits per heavy atom. The molecule has 1 aliphatic rings. The average molecular weight is 355 g/mol. The van der Waals surface area contributed by atoms with Gasteiger partial charge in [-0.05, 0) is 17.7 Å². The zero-order valence-electron chi connectivity index (χ0n) is 14.4. The third kappa shape index (κ3) is 4.58. The Bertz CT molecular complexity index is 771. The van der Waals surface area contributed by atoms with Gasteiger partial charge in [-0.2, -0.15) is 0 Å². The highest BCUT2D eigenvalue weighted by molar-refractivity contribution is 5.79. The molecule has 2 aromatic carbocycles. The second-order valence-corrected chi connectivity index (χ2v) is 6.11. The number of nitrogens with zero attached hydrogens (tertiary/aromatic N) is 2. The smallest absolute Gasteiger partial charge is 0.273 e. The summed E-state index contributed by atoms with van der Waals surface area (Å²) in [5.74, 6) is -0.239. The molecule has 3 rings (SSSR count). The Balaban J connectivity index is 1.54. The first kappa shape index (κ1) is 17.9. The number of nitro groups is 1. The van der Waals surface area contributed by atoms with Crippen molar-refractivity contribution in [3.8, 4) is 0 Å². The van der Waals surface area contributed by atoms with Crippen molar-refractivity contribution in [2.24, 2.45) is 0 Å². The number of carbonyl (C=O) groups excluding carboxylic acids is 1. The number of morpholine rings is 1. The minimum Gasteiger partial charge on any atom is -0.378 e. The SMILES string of the molecule is O=C(Cc1ccccc1[N+](=O)[O-])NCc1ccc(N2CCOCC2)cc1. The van der Waals surface area contributed by atoms with Gasteiger partial charge in [0, 0.05) is 37.0 Å². The number of para-hydroxylation sites is 1. The summed E-state index contributed by atoms with van der Waals surface area (Å²) in [6.45, 7) is 3.63. The molecular formula is C19H21N3O4. The van der Waals surface area contributed by atoms with Crippen LogP contribution in [-0.2, 0) is 22.5 Å².